The van der Waals surface area contributed by atoms with Crippen molar-refractivity contribution >= 4 is 5.91 Å². The van der Waals surface area contributed by atoms with Crippen LogP contribution in [-0.2, 0) is 4.79 Å². The van der Waals surface area contributed by atoms with E-state index in [4.69, 9.17) is 9.47 Å². The SMILES string of the molecule is COc1ccccc1OCC(=O)NC1CCN(CC2CCCCC2)CC1. The molecule has 1 aromatic carbocycles. The fraction of sp³-hybridized carbons (Fsp3) is 0.667. The van der Waals surface area contributed by atoms with Crippen molar-refractivity contribution in [3.05, 3.63) is 24.3 Å². The van der Waals surface area contributed by atoms with E-state index in [2.05, 4.69) is 10.2 Å². The van der Waals surface area contributed by atoms with Gasteiger partial charge in [-0.05, 0) is 43.7 Å². The normalized spacial score (nSPS) is 19.9. The van der Waals surface area contributed by atoms with Crippen LogP contribution < -0.4 is 14.8 Å². The van der Waals surface area contributed by atoms with Gasteiger partial charge in [0.1, 0.15) is 0 Å². The molecule has 1 aromatic rings. The van der Waals surface area contributed by atoms with Gasteiger partial charge in [-0.1, -0.05) is 31.4 Å². The minimum Gasteiger partial charge on any atom is -0.493 e. The average molecular weight is 360 g/mol. The predicted octanol–water partition coefficient (Wildman–Crippen LogP) is 3.23. The van der Waals surface area contributed by atoms with Gasteiger partial charge >= 0.3 is 0 Å². The Labute approximate surface area is 157 Å². The van der Waals surface area contributed by atoms with Crippen molar-refractivity contribution in [2.24, 2.45) is 5.92 Å². The number of likely N-dealkylation sites (tertiary alicyclic amines) is 1. The lowest BCUT2D eigenvalue weighted by molar-refractivity contribution is -0.124. The Hall–Kier alpha value is -1.75. The first-order valence-electron chi connectivity index (χ1n) is 10.0. The molecule has 1 saturated carbocycles. The molecule has 1 aliphatic carbocycles. The Balaban J connectivity index is 1.35. The van der Waals surface area contributed by atoms with E-state index in [-0.39, 0.29) is 18.6 Å². The Kier molecular flexibility index (Phi) is 7.18. The third-order valence-corrected chi connectivity index (χ3v) is 5.62. The number of carbonyl (C=O) groups is 1. The third-order valence-electron chi connectivity index (χ3n) is 5.62. The number of nitrogens with zero attached hydrogens (tertiary/aromatic N) is 1. The molecule has 0 bridgehead atoms. The summed E-state index contributed by atoms with van der Waals surface area (Å²) in [6.07, 6.45) is 9.10. The van der Waals surface area contributed by atoms with E-state index in [1.54, 1.807) is 7.11 Å². The topological polar surface area (TPSA) is 50.8 Å². The highest BCUT2D eigenvalue weighted by Gasteiger charge is 2.23. The lowest BCUT2D eigenvalue weighted by atomic mass is 9.88. The van der Waals surface area contributed by atoms with Gasteiger partial charge in [0.25, 0.3) is 5.91 Å². The molecule has 0 spiro atoms. The van der Waals surface area contributed by atoms with Gasteiger partial charge < -0.3 is 19.7 Å². The summed E-state index contributed by atoms with van der Waals surface area (Å²) in [6, 6.07) is 7.67. The van der Waals surface area contributed by atoms with Crippen molar-refractivity contribution < 1.29 is 14.3 Å². The lowest BCUT2D eigenvalue weighted by Gasteiger charge is -2.35. The molecule has 1 saturated heterocycles. The molecule has 0 aromatic heterocycles. The van der Waals surface area contributed by atoms with E-state index in [0.29, 0.717) is 11.5 Å². The van der Waals surface area contributed by atoms with Crippen LogP contribution >= 0.6 is 0 Å². The van der Waals surface area contributed by atoms with Crippen molar-refractivity contribution in [1.29, 1.82) is 0 Å². The Morgan fingerprint density at radius 2 is 1.77 bits per heavy atom. The third kappa shape index (κ3) is 5.63. The van der Waals surface area contributed by atoms with Crippen LogP contribution in [-0.4, -0.2) is 50.2 Å². The minimum atomic E-state index is -0.0540. The first-order valence-corrected chi connectivity index (χ1v) is 10.0. The van der Waals surface area contributed by atoms with E-state index < -0.39 is 0 Å². The highest BCUT2D eigenvalue weighted by Crippen LogP contribution is 2.26. The van der Waals surface area contributed by atoms with Crippen LogP contribution in [0, 0.1) is 5.92 Å². The number of para-hydroxylation sites is 2. The fourth-order valence-electron chi connectivity index (χ4n) is 4.15. The smallest absolute Gasteiger partial charge is 0.258 e. The molecule has 0 radical (unpaired) electrons. The van der Waals surface area contributed by atoms with Crippen LogP contribution in [0.3, 0.4) is 0 Å². The largest absolute Gasteiger partial charge is 0.493 e. The van der Waals surface area contributed by atoms with Crippen LogP contribution in [0.4, 0.5) is 0 Å². The molecule has 0 atom stereocenters. The fourth-order valence-corrected chi connectivity index (χ4v) is 4.15. The number of carbonyl (C=O) groups excluding carboxylic acids is 1. The van der Waals surface area contributed by atoms with E-state index in [9.17, 15) is 4.79 Å². The summed E-state index contributed by atoms with van der Waals surface area (Å²) in [5.41, 5.74) is 0. The number of nitrogens with one attached hydrogen (secondary N) is 1. The van der Waals surface area contributed by atoms with Gasteiger partial charge in [-0.25, -0.2) is 0 Å². The molecule has 5 nitrogen and oxygen atoms in total. The zero-order valence-electron chi connectivity index (χ0n) is 15.9. The number of hydrogen-bond acceptors (Lipinski definition) is 4. The Morgan fingerprint density at radius 3 is 2.46 bits per heavy atom. The molecular formula is C21H32N2O3. The van der Waals surface area contributed by atoms with Gasteiger partial charge in [0.05, 0.1) is 7.11 Å². The number of methoxy groups -OCH3 is 1. The maximum atomic E-state index is 12.2. The number of benzene rings is 1. The first kappa shape index (κ1) is 19.0. The van der Waals surface area contributed by atoms with Crippen LogP contribution in [0.5, 0.6) is 11.5 Å². The predicted molar refractivity (Wildman–Crippen MR) is 103 cm³/mol. The molecule has 1 N–H and O–H groups in total. The first-order chi connectivity index (χ1) is 12.7. The maximum absolute atomic E-state index is 12.2. The van der Waals surface area contributed by atoms with Crippen LogP contribution in [0.2, 0.25) is 0 Å². The highest BCUT2D eigenvalue weighted by atomic mass is 16.5. The van der Waals surface area contributed by atoms with Crippen molar-refractivity contribution in [3.63, 3.8) is 0 Å². The molecule has 26 heavy (non-hydrogen) atoms. The van der Waals surface area contributed by atoms with Gasteiger partial charge in [0.15, 0.2) is 18.1 Å². The maximum Gasteiger partial charge on any atom is 0.258 e. The number of piperidine rings is 1. The molecule has 5 heteroatoms. The van der Waals surface area contributed by atoms with E-state index in [1.807, 2.05) is 24.3 Å². The summed E-state index contributed by atoms with van der Waals surface area (Å²) in [7, 11) is 1.60. The van der Waals surface area contributed by atoms with Gasteiger partial charge in [0, 0.05) is 25.7 Å². The summed E-state index contributed by atoms with van der Waals surface area (Å²) in [5, 5.41) is 3.12. The zero-order chi connectivity index (χ0) is 18.2. The van der Waals surface area contributed by atoms with E-state index in [1.165, 1.54) is 38.6 Å². The lowest BCUT2D eigenvalue weighted by Crippen LogP contribution is -2.47. The van der Waals surface area contributed by atoms with Crippen molar-refractivity contribution in [1.82, 2.24) is 10.2 Å². The molecule has 2 fully saturated rings. The van der Waals surface area contributed by atoms with Crippen molar-refractivity contribution in [2.75, 3.05) is 33.4 Å². The van der Waals surface area contributed by atoms with Crippen molar-refractivity contribution in [2.45, 2.75) is 51.0 Å². The minimum absolute atomic E-state index is 0.0304. The van der Waals surface area contributed by atoms with Gasteiger partial charge in [0.2, 0.25) is 0 Å². The van der Waals surface area contributed by atoms with Gasteiger partial charge in [-0.2, -0.15) is 0 Å². The highest BCUT2D eigenvalue weighted by molar-refractivity contribution is 5.77. The molecule has 144 valence electrons. The molecule has 2 aliphatic rings. The summed E-state index contributed by atoms with van der Waals surface area (Å²) < 4.78 is 10.8. The summed E-state index contributed by atoms with van der Waals surface area (Å²) in [4.78, 5) is 14.8. The number of rotatable bonds is 7. The molecule has 0 unspecified atom stereocenters. The van der Waals surface area contributed by atoms with Crippen molar-refractivity contribution in [3.8, 4) is 11.5 Å². The Bertz CT molecular complexity index is 564. The number of ether oxygens (including phenoxy) is 2. The van der Waals surface area contributed by atoms with Crippen LogP contribution in [0.15, 0.2) is 24.3 Å². The van der Waals surface area contributed by atoms with Crippen LogP contribution in [0.1, 0.15) is 44.9 Å². The number of amides is 1. The Morgan fingerprint density at radius 1 is 1.08 bits per heavy atom. The summed E-state index contributed by atoms with van der Waals surface area (Å²) in [6.45, 7) is 3.46. The summed E-state index contributed by atoms with van der Waals surface area (Å²) in [5.74, 6) is 2.09. The van der Waals surface area contributed by atoms with Crippen LogP contribution in [0.25, 0.3) is 0 Å². The second kappa shape index (κ2) is 9.81. The quantitative estimate of drug-likeness (QED) is 0.811. The second-order valence-corrected chi connectivity index (χ2v) is 7.59. The van der Waals surface area contributed by atoms with E-state index in [0.717, 1.165) is 31.8 Å². The molecule has 1 aliphatic heterocycles. The van der Waals surface area contributed by atoms with Gasteiger partial charge in [-0.3, -0.25) is 4.79 Å². The molecule has 1 heterocycles. The second-order valence-electron chi connectivity index (χ2n) is 7.59. The summed E-state index contributed by atoms with van der Waals surface area (Å²) >= 11 is 0. The standard InChI is InChI=1S/C21H32N2O3/c1-25-19-9-5-6-10-20(19)26-16-21(24)22-18-11-13-23(14-12-18)15-17-7-3-2-4-8-17/h5-6,9-10,17-18H,2-4,7-8,11-16H2,1H3,(H,22,24). The van der Waals surface area contributed by atoms with Gasteiger partial charge in [-0.15, -0.1) is 0 Å². The molecule has 3 rings (SSSR count). The zero-order valence-corrected chi connectivity index (χ0v) is 15.9. The number of hydrogen-bond donors (Lipinski definition) is 1. The monoisotopic (exact) mass is 360 g/mol. The van der Waals surface area contributed by atoms with E-state index >= 15 is 0 Å². The average Bonchev–Trinajstić information content (AvgIpc) is 2.69. The molecule has 1 amide bonds. The molecular weight excluding hydrogens is 328 g/mol.